The van der Waals surface area contributed by atoms with E-state index in [-0.39, 0.29) is 6.79 Å². The lowest BCUT2D eigenvalue weighted by molar-refractivity contribution is -0.0159. The van der Waals surface area contributed by atoms with E-state index in [2.05, 4.69) is 0 Å². The van der Waals surface area contributed by atoms with E-state index in [0.29, 0.717) is 17.4 Å². The van der Waals surface area contributed by atoms with Gasteiger partial charge in [0.2, 0.25) is 0 Å². The Morgan fingerprint density at radius 2 is 2.00 bits per heavy atom. The zero-order chi connectivity index (χ0) is 16.0. The number of benzene rings is 2. The lowest BCUT2D eigenvalue weighted by Crippen LogP contribution is -2.12. The van der Waals surface area contributed by atoms with Crippen LogP contribution in [0.15, 0.2) is 40.8 Å². The molecule has 3 nitrogen and oxygen atoms in total. The van der Waals surface area contributed by atoms with Gasteiger partial charge in [0.25, 0.3) is 0 Å². The molecule has 5 heteroatoms. The highest BCUT2D eigenvalue weighted by molar-refractivity contribution is 7.71. The predicted octanol–water partition coefficient (Wildman–Crippen LogP) is 5.66. The number of hydrogen-bond acceptors (Lipinski definition) is 4. The molecule has 0 fully saturated rings. The van der Waals surface area contributed by atoms with E-state index in [1.807, 2.05) is 43.3 Å². The van der Waals surface area contributed by atoms with Gasteiger partial charge in [-0.3, -0.25) is 0 Å². The molecule has 0 unspecified atom stereocenters. The summed E-state index contributed by atoms with van der Waals surface area (Å²) >= 11 is 11.8. The second-order valence-corrected chi connectivity index (χ2v) is 6.40. The molecule has 1 aliphatic heterocycles. The summed E-state index contributed by atoms with van der Waals surface area (Å²) in [7, 11) is 0. The number of rotatable bonds is 1. The van der Waals surface area contributed by atoms with Crippen molar-refractivity contribution in [3.05, 3.63) is 57.1 Å². The van der Waals surface area contributed by atoms with E-state index < -0.39 is 0 Å². The maximum atomic E-state index is 6.23. The van der Waals surface area contributed by atoms with E-state index in [9.17, 15) is 0 Å². The zero-order valence-corrected chi connectivity index (χ0v) is 14.0. The van der Waals surface area contributed by atoms with Gasteiger partial charge in [0.05, 0.1) is 16.7 Å². The Hall–Kier alpha value is -1.88. The normalized spacial score (nSPS) is 13.7. The molecule has 0 atom stereocenters. The highest BCUT2D eigenvalue weighted by atomic mass is 35.5. The van der Waals surface area contributed by atoms with Crippen molar-refractivity contribution in [2.45, 2.75) is 13.5 Å². The standard InChI is InChI=1S/C18H13ClO3S/c1-10-2-3-15-13(4-10)17(23)7-16(22-15)14-6-12(19)5-11-8-20-9-21-18(11)14/h2-7H,8-9H2,1H3. The molecule has 1 aliphatic rings. The van der Waals surface area contributed by atoms with Gasteiger partial charge in [0.1, 0.15) is 17.1 Å². The largest absolute Gasteiger partial charge is 0.466 e. The van der Waals surface area contributed by atoms with E-state index in [4.69, 9.17) is 37.7 Å². The maximum Gasteiger partial charge on any atom is 0.189 e. The van der Waals surface area contributed by atoms with Gasteiger partial charge in [-0.15, -0.1) is 0 Å². The molecule has 2 heterocycles. The Kier molecular flexibility index (Phi) is 3.60. The third-order valence-corrected chi connectivity index (χ3v) is 4.38. The van der Waals surface area contributed by atoms with Gasteiger partial charge in [-0.25, -0.2) is 0 Å². The Bertz CT molecular complexity index is 978. The van der Waals surface area contributed by atoms with Crippen LogP contribution >= 0.6 is 23.8 Å². The quantitative estimate of drug-likeness (QED) is 0.533. The van der Waals surface area contributed by atoms with E-state index in [1.165, 1.54) is 0 Å². The second-order valence-electron chi connectivity index (χ2n) is 5.53. The van der Waals surface area contributed by atoms with Gasteiger partial charge in [-0.2, -0.15) is 0 Å². The molecule has 0 amide bonds. The molecule has 0 radical (unpaired) electrons. The molecule has 0 aliphatic carbocycles. The number of hydrogen-bond donors (Lipinski definition) is 0. The molecule has 0 spiro atoms. The third-order valence-electron chi connectivity index (χ3n) is 3.82. The molecule has 3 aromatic rings. The maximum absolute atomic E-state index is 6.23. The molecule has 116 valence electrons. The molecular formula is C18H13ClO3S. The Morgan fingerprint density at radius 3 is 2.87 bits per heavy atom. The van der Waals surface area contributed by atoms with Crippen molar-refractivity contribution in [2.75, 3.05) is 6.79 Å². The van der Waals surface area contributed by atoms with Gasteiger partial charge in [0, 0.05) is 22.0 Å². The summed E-state index contributed by atoms with van der Waals surface area (Å²) in [5.41, 5.74) is 3.60. The fourth-order valence-electron chi connectivity index (χ4n) is 2.77. The summed E-state index contributed by atoms with van der Waals surface area (Å²) in [4.78, 5) is 0. The van der Waals surface area contributed by atoms with Crippen LogP contribution in [0.1, 0.15) is 11.1 Å². The van der Waals surface area contributed by atoms with Gasteiger partial charge >= 0.3 is 0 Å². The first-order valence-electron chi connectivity index (χ1n) is 7.20. The van der Waals surface area contributed by atoms with Crippen LogP contribution in [-0.4, -0.2) is 6.79 Å². The fourth-order valence-corrected chi connectivity index (χ4v) is 3.27. The van der Waals surface area contributed by atoms with Crippen LogP contribution in [0.5, 0.6) is 5.75 Å². The SMILES string of the molecule is Cc1ccc2oc(-c3cc(Cl)cc4c3OCOC4)cc(=S)c2c1. The van der Waals surface area contributed by atoms with Crippen LogP contribution in [0.2, 0.25) is 5.02 Å². The first-order chi connectivity index (χ1) is 11.1. The van der Waals surface area contributed by atoms with Crippen molar-refractivity contribution in [3.63, 3.8) is 0 Å². The summed E-state index contributed by atoms with van der Waals surface area (Å²) in [6.07, 6.45) is 0. The Morgan fingerprint density at radius 1 is 1.13 bits per heavy atom. The van der Waals surface area contributed by atoms with Crippen molar-refractivity contribution in [1.82, 2.24) is 0 Å². The van der Waals surface area contributed by atoms with Crippen LogP contribution in [0, 0.1) is 11.4 Å². The molecule has 0 N–H and O–H groups in total. The lowest BCUT2D eigenvalue weighted by atomic mass is 10.1. The number of ether oxygens (including phenoxy) is 2. The molecule has 2 aromatic carbocycles. The zero-order valence-electron chi connectivity index (χ0n) is 12.4. The van der Waals surface area contributed by atoms with Crippen LogP contribution in [0.3, 0.4) is 0 Å². The van der Waals surface area contributed by atoms with E-state index in [1.54, 1.807) is 0 Å². The van der Waals surface area contributed by atoms with Gasteiger partial charge in [-0.05, 0) is 31.2 Å². The number of aryl methyl sites for hydroxylation is 1. The minimum Gasteiger partial charge on any atom is -0.466 e. The van der Waals surface area contributed by atoms with Crippen LogP contribution in [0.4, 0.5) is 0 Å². The topological polar surface area (TPSA) is 31.6 Å². The molecule has 23 heavy (non-hydrogen) atoms. The smallest absolute Gasteiger partial charge is 0.189 e. The first-order valence-corrected chi connectivity index (χ1v) is 7.98. The van der Waals surface area contributed by atoms with Gasteiger partial charge < -0.3 is 13.9 Å². The second kappa shape index (κ2) is 5.64. The lowest BCUT2D eigenvalue weighted by Gasteiger charge is -2.20. The van der Waals surface area contributed by atoms with E-state index in [0.717, 1.165) is 37.9 Å². The summed E-state index contributed by atoms with van der Waals surface area (Å²) in [6, 6.07) is 11.5. The highest BCUT2D eigenvalue weighted by Crippen LogP contribution is 2.39. The Labute approximate surface area is 143 Å². The molecule has 0 saturated heterocycles. The molecule has 0 saturated carbocycles. The third kappa shape index (κ3) is 2.63. The Balaban J connectivity index is 1.98. The van der Waals surface area contributed by atoms with Crippen molar-refractivity contribution in [3.8, 4) is 17.1 Å². The summed E-state index contributed by atoms with van der Waals surface area (Å²) < 4.78 is 17.8. The average Bonchev–Trinajstić information content (AvgIpc) is 2.54. The average molecular weight is 345 g/mol. The summed E-state index contributed by atoms with van der Waals surface area (Å²) in [5.74, 6) is 1.39. The van der Waals surface area contributed by atoms with Crippen molar-refractivity contribution in [2.24, 2.45) is 0 Å². The van der Waals surface area contributed by atoms with Crippen LogP contribution in [-0.2, 0) is 11.3 Å². The summed E-state index contributed by atoms with van der Waals surface area (Å²) in [5, 5.41) is 1.54. The predicted molar refractivity (Wildman–Crippen MR) is 92.5 cm³/mol. The fraction of sp³-hybridized carbons (Fsp3) is 0.167. The monoisotopic (exact) mass is 344 g/mol. The van der Waals surface area contributed by atoms with Gasteiger partial charge in [0.15, 0.2) is 6.79 Å². The van der Waals surface area contributed by atoms with Crippen LogP contribution in [0.25, 0.3) is 22.3 Å². The molecular weight excluding hydrogens is 332 g/mol. The van der Waals surface area contributed by atoms with Gasteiger partial charge in [-0.1, -0.05) is 35.4 Å². The minimum atomic E-state index is 0.217. The first kappa shape index (κ1) is 14.7. The molecule has 4 rings (SSSR count). The van der Waals surface area contributed by atoms with Crippen molar-refractivity contribution in [1.29, 1.82) is 0 Å². The molecule has 1 aromatic heterocycles. The van der Waals surface area contributed by atoms with E-state index >= 15 is 0 Å². The number of fused-ring (bicyclic) bond motifs is 2. The molecule has 0 bridgehead atoms. The highest BCUT2D eigenvalue weighted by Gasteiger charge is 2.19. The van der Waals surface area contributed by atoms with Crippen molar-refractivity contribution < 1.29 is 13.9 Å². The minimum absolute atomic E-state index is 0.217. The van der Waals surface area contributed by atoms with Crippen LogP contribution < -0.4 is 4.74 Å². The summed E-state index contributed by atoms with van der Waals surface area (Å²) in [6.45, 7) is 2.72. The number of halogens is 1. The van der Waals surface area contributed by atoms with Crippen molar-refractivity contribution >= 4 is 34.8 Å².